The molecule has 0 saturated heterocycles. The summed E-state index contributed by atoms with van der Waals surface area (Å²) >= 11 is 0. The standard InChI is InChI=1S/C31H46O4/c1-10-23(8)25(32)31-27(34)24(14-13-21(4)5)26(33)30(28(31)35,17-15-22(6)7)19-18-29(31,9)16-11-12-20(2)3/h12-13,15,23,33H,10-11,14,16-19H2,1-9H3. The highest BCUT2D eigenvalue weighted by atomic mass is 16.3. The van der Waals surface area contributed by atoms with Crippen molar-refractivity contribution in [1.82, 2.24) is 0 Å². The van der Waals surface area contributed by atoms with Crippen LogP contribution in [0.2, 0.25) is 0 Å². The Hall–Kier alpha value is -2.23. The first-order chi connectivity index (χ1) is 16.2. The van der Waals surface area contributed by atoms with Crippen molar-refractivity contribution < 1.29 is 19.5 Å². The lowest BCUT2D eigenvalue weighted by atomic mass is 9.41. The van der Waals surface area contributed by atoms with E-state index < -0.39 is 27.9 Å². The lowest BCUT2D eigenvalue weighted by molar-refractivity contribution is -0.173. The van der Waals surface area contributed by atoms with Crippen LogP contribution in [0, 0.1) is 22.2 Å². The molecule has 0 spiro atoms. The Kier molecular flexibility index (Phi) is 8.95. The molecule has 2 bridgehead atoms. The molecule has 1 saturated carbocycles. The fourth-order valence-corrected chi connectivity index (χ4v) is 5.88. The third-order valence-electron chi connectivity index (χ3n) is 8.39. The molecule has 1 N–H and O–H groups in total. The second-order valence-electron chi connectivity index (χ2n) is 11.8. The average Bonchev–Trinajstić information content (AvgIpc) is 2.77. The van der Waals surface area contributed by atoms with Gasteiger partial charge in [-0.1, -0.05) is 55.7 Å². The molecule has 0 aromatic heterocycles. The Morgan fingerprint density at radius 2 is 1.54 bits per heavy atom. The largest absolute Gasteiger partial charge is 0.511 e. The number of rotatable bonds is 10. The van der Waals surface area contributed by atoms with E-state index in [1.807, 2.05) is 74.5 Å². The summed E-state index contributed by atoms with van der Waals surface area (Å²) in [6.45, 7) is 17.6. The summed E-state index contributed by atoms with van der Waals surface area (Å²) in [6.07, 6.45) is 9.36. The van der Waals surface area contributed by atoms with Crippen molar-refractivity contribution in [3.05, 3.63) is 46.3 Å². The van der Waals surface area contributed by atoms with Crippen LogP contribution in [0.1, 0.15) is 107 Å². The zero-order valence-electron chi connectivity index (χ0n) is 23.4. The van der Waals surface area contributed by atoms with Crippen molar-refractivity contribution in [2.45, 2.75) is 107 Å². The van der Waals surface area contributed by atoms with Crippen LogP contribution >= 0.6 is 0 Å². The molecule has 4 nitrogen and oxygen atoms in total. The first-order valence-corrected chi connectivity index (χ1v) is 13.2. The van der Waals surface area contributed by atoms with Gasteiger partial charge in [-0.15, -0.1) is 0 Å². The maximum Gasteiger partial charge on any atom is 0.184 e. The molecule has 0 aromatic carbocycles. The fraction of sp³-hybridized carbons (Fsp3) is 0.645. The molecule has 0 aromatic rings. The molecular weight excluding hydrogens is 436 g/mol. The molecule has 2 aliphatic rings. The van der Waals surface area contributed by atoms with Gasteiger partial charge >= 0.3 is 0 Å². The zero-order valence-corrected chi connectivity index (χ0v) is 23.4. The quantitative estimate of drug-likeness (QED) is 0.255. The molecule has 0 amide bonds. The number of hydrogen-bond acceptors (Lipinski definition) is 4. The number of hydrogen-bond donors (Lipinski definition) is 1. The molecule has 4 atom stereocenters. The molecule has 2 aliphatic carbocycles. The molecule has 4 heteroatoms. The minimum atomic E-state index is -1.76. The van der Waals surface area contributed by atoms with Gasteiger partial charge in [-0.3, -0.25) is 14.4 Å². The summed E-state index contributed by atoms with van der Waals surface area (Å²) in [6, 6.07) is 0. The summed E-state index contributed by atoms with van der Waals surface area (Å²) in [5.74, 6) is -1.63. The van der Waals surface area contributed by atoms with Crippen LogP contribution in [0.15, 0.2) is 46.3 Å². The summed E-state index contributed by atoms with van der Waals surface area (Å²) in [4.78, 5) is 43.3. The monoisotopic (exact) mass is 482 g/mol. The molecule has 194 valence electrons. The molecule has 35 heavy (non-hydrogen) atoms. The highest BCUT2D eigenvalue weighted by Crippen LogP contribution is 2.64. The summed E-state index contributed by atoms with van der Waals surface area (Å²) in [5.41, 5.74) is -0.312. The predicted octanol–water partition coefficient (Wildman–Crippen LogP) is 7.80. The Morgan fingerprint density at radius 1 is 0.971 bits per heavy atom. The van der Waals surface area contributed by atoms with E-state index in [0.717, 1.165) is 11.1 Å². The minimum Gasteiger partial charge on any atom is -0.511 e. The number of Topliss-reactive ketones (excluding diaryl/α,β-unsaturated/α-hetero) is 3. The van der Waals surface area contributed by atoms with Crippen molar-refractivity contribution >= 4 is 17.3 Å². The van der Waals surface area contributed by atoms with Gasteiger partial charge in [0.25, 0.3) is 0 Å². The van der Waals surface area contributed by atoms with Crippen LogP contribution in [0.25, 0.3) is 0 Å². The van der Waals surface area contributed by atoms with Gasteiger partial charge in [-0.05, 0) is 91.9 Å². The lowest BCUT2D eigenvalue weighted by Gasteiger charge is -2.57. The molecule has 0 heterocycles. The third kappa shape index (κ3) is 4.90. The number of allylic oxidation sites excluding steroid dienone is 8. The average molecular weight is 483 g/mol. The van der Waals surface area contributed by atoms with Gasteiger partial charge in [-0.2, -0.15) is 0 Å². The van der Waals surface area contributed by atoms with Gasteiger partial charge in [0.1, 0.15) is 5.76 Å². The van der Waals surface area contributed by atoms with Crippen LogP contribution in [-0.2, 0) is 14.4 Å². The number of aliphatic hydroxyl groups is 1. The highest BCUT2D eigenvalue weighted by Gasteiger charge is 2.73. The van der Waals surface area contributed by atoms with Crippen LogP contribution in [0.5, 0.6) is 0 Å². The molecule has 0 radical (unpaired) electrons. The third-order valence-corrected chi connectivity index (χ3v) is 8.39. The Balaban J connectivity index is 2.92. The number of ketones is 3. The topological polar surface area (TPSA) is 71.4 Å². The Bertz CT molecular complexity index is 995. The maximum absolute atomic E-state index is 14.6. The van der Waals surface area contributed by atoms with Gasteiger partial charge in [-0.25, -0.2) is 0 Å². The van der Waals surface area contributed by atoms with E-state index in [9.17, 15) is 19.5 Å². The molecule has 4 unspecified atom stereocenters. The Morgan fingerprint density at radius 3 is 2.06 bits per heavy atom. The van der Waals surface area contributed by atoms with E-state index >= 15 is 0 Å². The second-order valence-corrected chi connectivity index (χ2v) is 11.8. The lowest BCUT2D eigenvalue weighted by Crippen LogP contribution is -2.68. The molecule has 2 rings (SSSR count). The van der Waals surface area contributed by atoms with E-state index in [0.29, 0.717) is 38.5 Å². The Labute approximate surface area is 212 Å². The number of fused-ring (bicyclic) bond motifs is 2. The molecular formula is C31H46O4. The second kappa shape index (κ2) is 10.8. The minimum absolute atomic E-state index is 0.110. The van der Waals surface area contributed by atoms with Crippen LogP contribution < -0.4 is 0 Å². The van der Waals surface area contributed by atoms with Gasteiger partial charge in [0.05, 0.1) is 5.41 Å². The van der Waals surface area contributed by atoms with E-state index in [-0.39, 0.29) is 29.3 Å². The van der Waals surface area contributed by atoms with Crippen molar-refractivity contribution in [2.75, 3.05) is 0 Å². The zero-order chi connectivity index (χ0) is 26.8. The first kappa shape index (κ1) is 29.0. The fourth-order valence-electron chi connectivity index (χ4n) is 5.88. The van der Waals surface area contributed by atoms with Gasteiger partial charge in [0.2, 0.25) is 0 Å². The van der Waals surface area contributed by atoms with Crippen LogP contribution in [0.4, 0.5) is 0 Å². The summed E-state index contributed by atoms with van der Waals surface area (Å²) in [5, 5.41) is 11.6. The number of carbonyl (C=O) groups is 3. The van der Waals surface area contributed by atoms with E-state index in [4.69, 9.17) is 0 Å². The van der Waals surface area contributed by atoms with Crippen molar-refractivity contribution in [2.24, 2.45) is 22.2 Å². The molecule has 0 aliphatic heterocycles. The van der Waals surface area contributed by atoms with Crippen molar-refractivity contribution in [3.8, 4) is 0 Å². The van der Waals surface area contributed by atoms with Crippen LogP contribution in [-0.4, -0.2) is 22.5 Å². The van der Waals surface area contributed by atoms with E-state index in [2.05, 4.69) is 6.08 Å². The summed E-state index contributed by atoms with van der Waals surface area (Å²) < 4.78 is 0. The normalized spacial score (nSPS) is 28.9. The van der Waals surface area contributed by atoms with Crippen molar-refractivity contribution in [1.29, 1.82) is 0 Å². The SMILES string of the molecule is CCC(C)C(=O)C12C(=O)C(CC=C(C)C)=C(O)C(CC=C(C)C)(CCC1(C)CCC=C(C)C)C2=O. The highest BCUT2D eigenvalue weighted by molar-refractivity contribution is 6.33. The summed E-state index contributed by atoms with van der Waals surface area (Å²) in [7, 11) is 0. The molecule has 1 fully saturated rings. The van der Waals surface area contributed by atoms with Crippen molar-refractivity contribution in [3.63, 3.8) is 0 Å². The van der Waals surface area contributed by atoms with Gasteiger partial charge in [0.15, 0.2) is 22.8 Å². The number of carbonyl (C=O) groups excluding carboxylic acids is 3. The van der Waals surface area contributed by atoms with Crippen LogP contribution in [0.3, 0.4) is 0 Å². The van der Waals surface area contributed by atoms with E-state index in [1.54, 1.807) is 0 Å². The van der Waals surface area contributed by atoms with Gasteiger partial charge < -0.3 is 5.11 Å². The van der Waals surface area contributed by atoms with E-state index in [1.165, 1.54) is 5.57 Å². The number of aliphatic hydroxyl groups excluding tert-OH is 1. The maximum atomic E-state index is 14.6. The van der Waals surface area contributed by atoms with Gasteiger partial charge in [0, 0.05) is 11.5 Å². The first-order valence-electron chi connectivity index (χ1n) is 13.2. The predicted molar refractivity (Wildman–Crippen MR) is 143 cm³/mol. The smallest absolute Gasteiger partial charge is 0.184 e.